The number of carbonyl (C=O) groups is 12. The summed E-state index contributed by atoms with van der Waals surface area (Å²) in [5.74, 6) is -4.64. The molecule has 0 saturated carbocycles. The Morgan fingerprint density at radius 2 is 0.781 bits per heavy atom. The third kappa shape index (κ3) is 79.7. The fraction of sp³-hybridized carbons (Fsp3) is 0.773. The molecule has 0 aliphatic carbocycles. The first-order valence-electron chi connectivity index (χ1n) is 42.6. The zero-order valence-electron chi connectivity index (χ0n) is 74.3. The van der Waals surface area contributed by atoms with E-state index in [0.29, 0.717) is 90.3 Å². The van der Waals surface area contributed by atoms with Crippen molar-refractivity contribution >= 4 is 71.5 Å². The highest BCUT2D eigenvalue weighted by Crippen LogP contribution is 2.23. The van der Waals surface area contributed by atoms with Crippen LogP contribution in [-0.2, 0) is 81.1 Å². The minimum absolute atomic E-state index is 0.0322. The molecule has 1 atom stereocenters. The lowest BCUT2D eigenvalue weighted by atomic mass is 9.91. The molecule has 26 heteroatoms. The molecule has 2 amide bonds. The van der Waals surface area contributed by atoms with Gasteiger partial charge in [0.25, 0.3) is 0 Å². The van der Waals surface area contributed by atoms with Crippen LogP contribution in [0.2, 0.25) is 0 Å². The highest BCUT2D eigenvalue weighted by atomic mass is 16.6. The zero-order chi connectivity index (χ0) is 87.7. The monoisotopic (exact) mass is 1630 g/mol. The molecular formula is C88H160N4O22. The first-order chi connectivity index (χ1) is 54.2. The molecule has 5 N–H and O–H groups in total. The normalized spacial score (nSPS) is 10.8. The average Bonchev–Trinajstić information content (AvgIpc) is 0.854. The van der Waals surface area contributed by atoms with Gasteiger partial charge in [0.2, 0.25) is 11.8 Å². The molecule has 1 rings (SSSR count). The Labute approximate surface area is 687 Å². The fourth-order valence-corrected chi connectivity index (χ4v) is 9.48. The van der Waals surface area contributed by atoms with Crippen LogP contribution in [0, 0.1) is 16.7 Å². The Hall–Kier alpha value is -7.48. The average molecular weight is 1630 g/mol. The van der Waals surface area contributed by atoms with E-state index in [-0.39, 0.29) is 91.4 Å². The summed E-state index contributed by atoms with van der Waals surface area (Å²) in [5, 5.41) is 31.7. The van der Waals surface area contributed by atoms with Crippen LogP contribution in [0.4, 0.5) is 0 Å². The van der Waals surface area contributed by atoms with Crippen molar-refractivity contribution in [3.8, 4) is 0 Å². The van der Waals surface area contributed by atoms with E-state index in [1.807, 2.05) is 55.8 Å². The number of esters is 7. The molecule has 0 saturated heterocycles. The van der Waals surface area contributed by atoms with Crippen LogP contribution in [0.25, 0.3) is 0 Å². The van der Waals surface area contributed by atoms with Gasteiger partial charge in [0.05, 0.1) is 55.0 Å². The molecule has 0 aliphatic rings. The van der Waals surface area contributed by atoms with Gasteiger partial charge in [-0.1, -0.05) is 152 Å². The van der Waals surface area contributed by atoms with Crippen LogP contribution in [-0.4, -0.2) is 197 Å². The fourth-order valence-electron chi connectivity index (χ4n) is 9.48. The van der Waals surface area contributed by atoms with Crippen molar-refractivity contribution in [2.24, 2.45) is 16.7 Å². The van der Waals surface area contributed by atoms with Crippen LogP contribution >= 0.6 is 0 Å². The molecule has 0 fully saturated rings. The number of hydrogen-bond donors (Lipinski definition) is 5. The van der Waals surface area contributed by atoms with Crippen molar-refractivity contribution in [2.75, 3.05) is 101 Å². The highest BCUT2D eigenvalue weighted by Gasteiger charge is 2.28. The van der Waals surface area contributed by atoms with Gasteiger partial charge in [-0.3, -0.25) is 43.2 Å². The Balaban J connectivity index is -0.000000316. The number of amides is 2. The second-order valence-electron chi connectivity index (χ2n) is 29.2. The molecule has 26 nitrogen and oxygen atoms in total. The number of rotatable bonds is 59. The van der Waals surface area contributed by atoms with Crippen LogP contribution in [0.5, 0.6) is 0 Å². The molecule has 0 heterocycles. The Morgan fingerprint density at radius 1 is 0.404 bits per heavy atom. The molecular weight excluding hydrogens is 1460 g/mol. The van der Waals surface area contributed by atoms with E-state index in [0.717, 1.165) is 135 Å². The molecule has 114 heavy (non-hydrogen) atoms. The number of nitrogens with zero attached hydrogens (tertiary/aromatic N) is 2. The van der Waals surface area contributed by atoms with Gasteiger partial charge in [0.1, 0.15) is 13.2 Å². The summed E-state index contributed by atoms with van der Waals surface area (Å²) in [6, 6.07) is 5.77. The number of benzene rings is 1. The Bertz CT molecular complexity index is 2640. The molecule has 0 spiro atoms. The van der Waals surface area contributed by atoms with Crippen molar-refractivity contribution < 1.29 is 106 Å². The quantitative estimate of drug-likeness (QED) is 0.0175. The molecule has 0 aromatic heterocycles. The van der Waals surface area contributed by atoms with E-state index in [1.165, 1.54) is 87.3 Å². The minimum atomic E-state index is -1.20. The number of aromatic carboxylic acids is 1. The van der Waals surface area contributed by atoms with Crippen LogP contribution in [0.1, 0.15) is 349 Å². The van der Waals surface area contributed by atoms with Gasteiger partial charge in [-0.05, 0) is 195 Å². The number of nitrogens with one attached hydrogen (secondary N) is 2. The highest BCUT2D eigenvalue weighted by molar-refractivity contribution is 6.02. The summed E-state index contributed by atoms with van der Waals surface area (Å²) in [5.41, 5.74) is -1.23. The third-order valence-corrected chi connectivity index (χ3v) is 17.7. The van der Waals surface area contributed by atoms with E-state index in [2.05, 4.69) is 59.1 Å². The Kier molecular flexibility index (Phi) is 85.9. The predicted octanol–water partition coefficient (Wildman–Crippen LogP) is 17.7. The number of carboxylic acids is 3. The number of carboxylic acid groups (broad SMARTS) is 3. The number of ether oxygens (including phenoxy) is 7. The number of unbranched alkanes of at least 4 members (excludes halogenated alkanes) is 15. The maximum absolute atomic E-state index is 11.8. The lowest BCUT2D eigenvalue weighted by Crippen LogP contribution is -2.27. The first-order valence-corrected chi connectivity index (χ1v) is 42.6. The number of likely N-dealkylation sites (N-methyl/N-ethyl adjacent to an activating group) is 1. The van der Waals surface area contributed by atoms with E-state index in [4.69, 9.17) is 48.5 Å². The molecule has 0 bridgehead atoms. The predicted molar refractivity (Wildman–Crippen MR) is 451 cm³/mol. The summed E-state index contributed by atoms with van der Waals surface area (Å²) in [6.45, 7) is 33.6. The van der Waals surface area contributed by atoms with Crippen LogP contribution in [0.3, 0.4) is 0 Å². The third-order valence-electron chi connectivity index (χ3n) is 17.7. The van der Waals surface area contributed by atoms with Gasteiger partial charge in [-0.2, -0.15) is 0 Å². The van der Waals surface area contributed by atoms with E-state index in [9.17, 15) is 57.5 Å². The standard InChI is InChI=1S/C24H44O6.C18H35NO3.C16H20O6.C14H26O4.C8H13NO3.2C4H11N/c1-6-9-14-20(7-2)19-30-22(26)15-11-10-12-17-28-21(25)16-13-18-29-23(27)24(4,5)8-3;1-4-6-7-8-11-14-18(21)22-16-12-9-10-13-17(20)19(3)15-5-2;1-4-16(2,3)15(20)22-10-9-21-14(19)12-8-6-5-7-11(12)13(17)18;1-2-3-4-5-8-11-14(17)18-12-9-6-7-10-13(15)16;1-3-6-9(2)7(10)4-5-8(11)12;2*1-3-4-5-2/h20H,6-19H2,1-5H3;4-16H2,1-3H3;5-8H,4,9-10H2,1-3H3,(H,17,18);2-12H2,1H3,(H,15,16);4-5H,3,6H2,1-2H3,(H,11,12);2*5H,3-4H2,1-2H3. The summed E-state index contributed by atoms with van der Waals surface area (Å²) >= 11 is 0. The summed E-state index contributed by atoms with van der Waals surface area (Å²) in [4.78, 5) is 139. The summed E-state index contributed by atoms with van der Waals surface area (Å²) in [6.07, 6.45) is 33.6. The van der Waals surface area contributed by atoms with E-state index < -0.39 is 34.7 Å². The van der Waals surface area contributed by atoms with Gasteiger partial charge >= 0.3 is 59.7 Å². The number of carbonyl (C=O) groups excluding carboxylic acids is 9. The lowest BCUT2D eigenvalue weighted by molar-refractivity contribution is -0.155. The molecule has 0 aliphatic heterocycles. The smallest absolute Gasteiger partial charge is 0.339 e. The van der Waals surface area contributed by atoms with Crippen LogP contribution in [0.15, 0.2) is 36.4 Å². The molecule has 1 aromatic carbocycles. The summed E-state index contributed by atoms with van der Waals surface area (Å²) in [7, 11) is 7.42. The first kappa shape index (κ1) is 117. The van der Waals surface area contributed by atoms with Gasteiger partial charge in [-0.25, -0.2) is 14.4 Å². The van der Waals surface area contributed by atoms with Crippen molar-refractivity contribution in [1.82, 2.24) is 20.4 Å². The maximum Gasteiger partial charge on any atom is 0.339 e. The lowest BCUT2D eigenvalue weighted by Gasteiger charge is -2.20. The van der Waals surface area contributed by atoms with Gasteiger partial charge in [-0.15, -0.1) is 0 Å². The number of aliphatic carboxylic acids is 2. The molecule has 1 aromatic rings. The van der Waals surface area contributed by atoms with E-state index in [1.54, 1.807) is 31.9 Å². The van der Waals surface area contributed by atoms with Gasteiger partial charge in [0, 0.05) is 77.9 Å². The van der Waals surface area contributed by atoms with Crippen molar-refractivity contribution in [3.63, 3.8) is 0 Å². The molecule has 0 radical (unpaired) electrons. The largest absolute Gasteiger partial charge is 0.481 e. The number of hydrogen-bond acceptors (Lipinski definition) is 21. The van der Waals surface area contributed by atoms with Crippen molar-refractivity contribution in [1.29, 1.82) is 0 Å². The minimum Gasteiger partial charge on any atom is -0.481 e. The van der Waals surface area contributed by atoms with Crippen LogP contribution < -0.4 is 10.6 Å². The molecule has 664 valence electrons. The molecule has 1 unspecified atom stereocenters. The van der Waals surface area contributed by atoms with Gasteiger partial charge in [0.15, 0.2) is 0 Å². The van der Waals surface area contributed by atoms with Gasteiger partial charge < -0.3 is 68.9 Å². The SMILES string of the molecule is CCC(C)(C)C(=O)OCCOC(=O)c1ccccc1C(=O)O.CCCCC(CC)COC(=O)CCCCCOC(=O)CCCOC(=O)C(C)(C)CC.CCCCCCCC(=O)OCCCCCC(=O)N(C)CCC.CCCCCCCC(=O)OCCCCCC(=O)O.CCCN(C)C(=O)C=CC(=O)O.CCCNC.CCCNC. The summed E-state index contributed by atoms with van der Waals surface area (Å²) < 4.78 is 36.0. The second-order valence-corrected chi connectivity index (χ2v) is 29.2. The zero-order valence-corrected chi connectivity index (χ0v) is 74.3. The Morgan fingerprint density at radius 3 is 1.17 bits per heavy atom. The van der Waals surface area contributed by atoms with E-state index >= 15 is 0 Å². The van der Waals surface area contributed by atoms with Crippen molar-refractivity contribution in [2.45, 2.75) is 328 Å². The second kappa shape index (κ2) is 83.5. The van der Waals surface area contributed by atoms with Crippen molar-refractivity contribution in [3.05, 3.63) is 47.5 Å². The topological polar surface area (TPSA) is 361 Å². The maximum atomic E-state index is 11.8.